The van der Waals surface area contributed by atoms with Crippen molar-refractivity contribution in [3.63, 3.8) is 0 Å². The monoisotopic (exact) mass is 247 g/mol. The van der Waals surface area contributed by atoms with Gasteiger partial charge in [-0.1, -0.05) is 29.8 Å². The van der Waals surface area contributed by atoms with E-state index >= 15 is 0 Å². The van der Waals surface area contributed by atoms with E-state index in [-0.39, 0.29) is 0 Å². The Morgan fingerprint density at radius 2 is 1.88 bits per heavy atom. The SMILES string of the molecule is CCNc1cc(Cl)ccc1Oc1ccccc1. The number of rotatable bonds is 4. The molecule has 88 valence electrons. The second-order valence-electron chi connectivity index (χ2n) is 3.59. The first-order valence-corrected chi connectivity index (χ1v) is 5.93. The summed E-state index contributed by atoms with van der Waals surface area (Å²) in [5.74, 6) is 1.59. The highest BCUT2D eigenvalue weighted by Gasteiger charge is 2.04. The van der Waals surface area contributed by atoms with Gasteiger partial charge in [0.25, 0.3) is 0 Å². The molecule has 0 aliphatic heterocycles. The molecule has 0 amide bonds. The predicted octanol–water partition coefficient (Wildman–Crippen LogP) is 4.56. The minimum Gasteiger partial charge on any atom is -0.455 e. The van der Waals surface area contributed by atoms with Crippen molar-refractivity contribution in [2.45, 2.75) is 6.92 Å². The number of para-hydroxylation sites is 1. The first-order chi connectivity index (χ1) is 8.29. The molecule has 3 heteroatoms. The molecule has 2 rings (SSSR count). The summed E-state index contributed by atoms with van der Waals surface area (Å²) in [7, 11) is 0. The van der Waals surface area contributed by atoms with Gasteiger partial charge in [-0.25, -0.2) is 0 Å². The summed E-state index contributed by atoms with van der Waals surface area (Å²) < 4.78 is 5.80. The molecule has 0 spiro atoms. The van der Waals surface area contributed by atoms with E-state index in [1.54, 1.807) is 0 Å². The number of ether oxygens (including phenoxy) is 1. The van der Waals surface area contributed by atoms with E-state index in [0.29, 0.717) is 5.02 Å². The zero-order valence-electron chi connectivity index (χ0n) is 9.61. The number of hydrogen-bond acceptors (Lipinski definition) is 2. The Morgan fingerprint density at radius 1 is 1.12 bits per heavy atom. The van der Waals surface area contributed by atoms with Crippen LogP contribution in [0.5, 0.6) is 11.5 Å². The topological polar surface area (TPSA) is 21.3 Å². The van der Waals surface area contributed by atoms with Crippen LogP contribution >= 0.6 is 11.6 Å². The van der Waals surface area contributed by atoms with Gasteiger partial charge >= 0.3 is 0 Å². The minimum atomic E-state index is 0.696. The van der Waals surface area contributed by atoms with E-state index in [2.05, 4.69) is 5.32 Å². The van der Waals surface area contributed by atoms with Crippen molar-refractivity contribution in [3.8, 4) is 11.5 Å². The largest absolute Gasteiger partial charge is 0.455 e. The Labute approximate surface area is 106 Å². The van der Waals surface area contributed by atoms with Crippen molar-refractivity contribution in [1.29, 1.82) is 0 Å². The van der Waals surface area contributed by atoms with Crippen molar-refractivity contribution in [3.05, 3.63) is 53.6 Å². The highest BCUT2D eigenvalue weighted by atomic mass is 35.5. The fourth-order valence-electron chi connectivity index (χ4n) is 1.54. The van der Waals surface area contributed by atoms with Crippen LogP contribution < -0.4 is 10.1 Å². The molecule has 0 aliphatic carbocycles. The van der Waals surface area contributed by atoms with Crippen molar-refractivity contribution in [2.24, 2.45) is 0 Å². The summed E-state index contributed by atoms with van der Waals surface area (Å²) in [6.45, 7) is 2.86. The Bertz CT molecular complexity index is 485. The van der Waals surface area contributed by atoms with Gasteiger partial charge in [0.2, 0.25) is 0 Å². The van der Waals surface area contributed by atoms with Crippen molar-refractivity contribution in [2.75, 3.05) is 11.9 Å². The van der Waals surface area contributed by atoms with E-state index in [0.717, 1.165) is 23.7 Å². The van der Waals surface area contributed by atoms with Gasteiger partial charge in [0.05, 0.1) is 5.69 Å². The Kier molecular flexibility index (Phi) is 3.89. The molecule has 2 nitrogen and oxygen atoms in total. The molecule has 0 unspecified atom stereocenters. The third-order valence-corrected chi connectivity index (χ3v) is 2.51. The lowest BCUT2D eigenvalue weighted by molar-refractivity contribution is 0.484. The normalized spacial score (nSPS) is 10.0. The van der Waals surface area contributed by atoms with Crippen LogP contribution in [0.2, 0.25) is 5.02 Å². The maximum Gasteiger partial charge on any atom is 0.150 e. The molecule has 17 heavy (non-hydrogen) atoms. The molecule has 0 aliphatic rings. The molecule has 2 aromatic carbocycles. The van der Waals surface area contributed by atoms with Crippen LogP contribution in [0.4, 0.5) is 5.69 Å². The molecule has 0 aromatic heterocycles. The van der Waals surface area contributed by atoms with Gasteiger partial charge in [-0.3, -0.25) is 0 Å². The van der Waals surface area contributed by atoms with Crippen LogP contribution in [0.15, 0.2) is 48.5 Å². The second kappa shape index (κ2) is 5.60. The average molecular weight is 248 g/mol. The molecule has 0 bridgehead atoms. The van der Waals surface area contributed by atoms with Gasteiger partial charge in [-0.15, -0.1) is 0 Å². The number of halogens is 1. The fourth-order valence-corrected chi connectivity index (χ4v) is 1.71. The van der Waals surface area contributed by atoms with Crippen LogP contribution in [-0.2, 0) is 0 Å². The molecule has 1 N–H and O–H groups in total. The van der Waals surface area contributed by atoms with Crippen LogP contribution in [-0.4, -0.2) is 6.54 Å². The Hall–Kier alpha value is -1.67. The average Bonchev–Trinajstić information content (AvgIpc) is 2.34. The van der Waals surface area contributed by atoms with Gasteiger partial charge in [0.1, 0.15) is 5.75 Å². The third kappa shape index (κ3) is 3.14. The van der Waals surface area contributed by atoms with Crippen LogP contribution in [0.25, 0.3) is 0 Å². The molecule has 0 heterocycles. The summed E-state index contributed by atoms with van der Waals surface area (Å²) in [4.78, 5) is 0. The van der Waals surface area contributed by atoms with E-state index < -0.39 is 0 Å². The predicted molar refractivity (Wildman–Crippen MR) is 72.1 cm³/mol. The van der Waals surface area contributed by atoms with Crippen molar-refractivity contribution >= 4 is 17.3 Å². The molecule has 0 radical (unpaired) electrons. The van der Waals surface area contributed by atoms with Gasteiger partial charge in [0, 0.05) is 11.6 Å². The number of nitrogens with one attached hydrogen (secondary N) is 1. The molecule has 0 atom stereocenters. The summed E-state index contributed by atoms with van der Waals surface area (Å²) >= 11 is 5.96. The van der Waals surface area contributed by atoms with Gasteiger partial charge in [-0.05, 0) is 37.3 Å². The summed E-state index contributed by atoms with van der Waals surface area (Å²) in [5.41, 5.74) is 0.906. The molecule has 0 fully saturated rings. The lowest BCUT2D eigenvalue weighted by Gasteiger charge is -2.12. The summed E-state index contributed by atoms with van der Waals surface area (Å²) in [6, 6.07) is 15.2. The van der Waals surface area contributed by atoms with E-state index in [1.165, 1.54) is 0 Å². The summed E-state index contributed by atoms with van der Waals surface area (Å²) in [6.07, 6.45) is 0. The first kappa shape index (κ1) is 11.8. The van der Waals surface area contributed by atoms with E-state index in [1.807, 2.05) is 55.5 Å². The zero-order chi connectivity index (χ0) is 12.1. The number of benzene rings is 2. The second-order valence-corrected chi connectivity index (χ2v) is 4.02. The van der Waals surface area contributed by atoms with Crippen LogP contribution in [0.3, 0.4) is 0 Å². The number of anilines is 1. The zero-order valence-corrected chi connectivity index (χ0v) is 10.4. The van der Waals surface area contributed by atoms with Gasteiger partial charge in [0.15, 0.2) is 5.75 Å². The fraction of sp³-hybridized carbons (Fsp3) is 0.143. The molecular weight excluding hydrogens is 234 g/mol. The lowest BCUT2D eigenvalue weighted by atomic mass is 10.3. The molecule has 0 saturated heterocycles. The maximum absolute atomic E-state index is 5.96. The van der Waals surface area contributed by atoms with Gasteiger partial charge < -0.3 is 10.1 Å². The highest BCUT2D eigenvalue weighted by Crippen LogP contribution is 2.31. The Balaban J connectivity index is 2.26. The first-order valence-electron chi connectivity index (χ1n) is 5.56. The van der Waals surface area contributed by atoms with Gasteiger partial charge in [-0.2, -0.15) is 0 Å². The molecule has 0 saturated carbocycles. The summed E-state index contributed by atoms with van der Waals surface area (Å²) in [5, 5.41) is 3.92. The number of hydrogen-bond donors (Lipinski definition) is 1. The quantitative estimate of drug-likeness (QED) is 0.855. The van der Waals surface area contributed by atoms with Crippen molar-refractivity contribution < 1.29 is 4.74 Å². The van der Waals surface area contributed by atoms with Crippen LogP contribution in [0, 0.1) is 0 Å². The highest BCUT2D eigenvalue weighted by molar-refractivity contribution is 6.30. The lowest BCUT2D eigenvalue weighted by Crippen LogP contribution is -1.98. The Morgan fingerprint density at radius 3 is 2.59 bits per heavy atom. The molecular formula is C14H14ClNO. The minimum absolute atomic E-state index is 0.696. The van der Waals surface area contributed by atoms with E-state index in [9.17, 15) is 0 Å². The maximum atomic E-state index is 5.96. The van der Waals surface area contributed by atoms with Crippen LogP contribution in [0.1, 0.15) is 6.92 Å². The van der Waals surface area contributed by atoms with E-state index in [4.69, 9.17) is 16.3 Å². The van der Waals surface area contributed by atoms with Crippen molar-refractivity contribution in [1.82, 2.24) is 0 Å². The smallest absolute Gasteiger partial charge is 0.150 e. The standard InChI is InChI=1S/C14H14ClNO/c1-2-16-13-10-11(15)8-9-14(13)17-12-6-4-3-5-7-12/h3-10,16H,2H2,1H3. The molecule has 2 aromatic rings. The third-order valence-electron chi connectivity index (χ3n) is 2.28.